The Morgan fingerprint density at radius 2 is 1.92 bits per heavy atom. The van der Waals surface area contributed by atoms with Crippen molar-refractivity contribution in [2.24, 2.45) is 5.92 Å². The van der Waals surface area contributed by atoms with Gasteiger partial charge in [-0.2, -0.15) is 11.8 Å². The molecule has 1 saturated heterocycles. The first-order valence-corrected chi connectivity index (χ1v) is 10.1. The summed E-state index contributed by atoms with van der Waals surface area (Å²) in [5.41, 5.74) is 1.20. The molecule has 24 heavy (non-hydrogen) atoms. The average Bonchev–Trinajstić information content (AvgIpc) is 2.61. The molecule has 1 unspecified atom stereocenters. The van der Waals surface area contributed by atoms with Crippen LogP contribution in [0.1, 0.15) is 31.7 Å². The van der Waals surface area contributed by atoms with Crippen molar-refractivity contribution in [3.05, 3.63) is 35.9 Å². The van der Waals surface area contributed by atoms with Gasteiger partial charge in [-0.15, -0.1) is 0 Å². The van der Waals surface area contributed by atoms with E-state index >= 15 is 0 Å². The van der Waals surface area contributed by atoms with Crippen LogP contribution in [-0.2, 0) is 16.0 Å². The van der Waals surface area contributed by atoms with Crippen LogP contribution >= 0.6 is 11.8 Å². The summed E-state index contributed by atoms with van der Waals surface area (Å²) in [6, 6.07) is 10.3. The maximum absolute atomic E-state index is 12.3. The van der Waals surface area contributed by atoms with E-state index in [0.29, 0.717) is 6.42 Å². The van der Waals surface area contributed by atoms with Gasteiger partial charge < -0.3 is 10.2 Å². The van der Waals surface area contributed by atoms with Crippen molar-refractivity contribution >= 4 is 23.6 Å². The van der Waals surface area contributed by atoms with E-state index in [1.165, 1.54) is 5.56 Å². The summed E-state index contributed by atoms with van der Waals surface area (Å²) in [5, 5.41) is 3.13. The predicted octanol–water partition coefficient (Wildman–Crippen LogP) is 2.73. The number of amides is 2. The second kappa shape index (κ2) is 9.72. The molecule has 0 radical (unpaired) electrons. The smallest absolute Gasteiger partial charge is 0.223 e. The standard InChI is InChI=1S/C19H28N2O2S/c1-15(14-24-2)19(23)20-17-10-12-21(13-11-17)18(22)9-8-16-6-4-3-5-7-16/h3-7,15,17H,8-14H2,1-2H3,(H,20,23). The Morgan fingerprint density at radius 1 is 1.25 bits per heavy atom. The van der Waals surface area contributed by atoms with Crippen LogP contribution < -0.4 is 5.32 Å². The number of nitrogens with zero attached hydrogens (tertiary/aromatic N) is 1. The third-order valence-electron chi connectivity index (χ3n) is 4.53. The summed E-state index contributed by atoms with van der Waals surface area (Å²) >= 11 is 1.69. The van der Waals surface area contributed by atoms with Gasteiger partial charge in [0.2, 0.25) is 11.8 Å². The lowest BCUT2D eigenvalue weighted by molar-refractivity contribution is -0.132. The fraction of sp³-hybridized carbons (Fsp3) is 0.579. The minimum absolute atomic E-state index is 0.0468. The molecule has 5 heteroatoms. The molecule has 4 nitrogen and oxygen atoms in total. The molecule has 0 aliphatic carbocycles. The molecule has 1 N–H and O–H groups in total. The first-order chi connectivity index (χ1) is 11.6. The summed E-state index contributed by atoms with van der Waals surface area (Å²) < 4.78 is 0. The summed E-state index contributed by atoms with van der Waals surface area (Å²) in [7, 11) is 0. The van der Waals surface area contributed by atoms with Crippen LogP contribution in [0.5, 0.6) is 0 Å². The van der Waals surface area contributed by atoms with Gasteiger partial charge in [0, 0.05) is 37.2 Å². The third-order valence-corrected chi connectivity index (χ3v) is 5.36. The maximum atomic E-state index is 12.3. The molecule has 1 aromatic carbocycles. The normalized spacial score (nSPS) is 16.7. The van der Waals surface area contributed by atoms with E-state index in [4.69, 9.17) is 0 Å². The van der Waals surface area contributed by atoms with Gasteiger partial charge in [0.15, 0.2) is 0 Å². The van der Waals surface area contributed by atoms with E-state index in [1.54, 1.807) is 11.8 Å². The highest BCUT2D eigenvalue weighted by atomic mass is 32.2. The van der Waals surface area contributed by atoms with Crippen molar-refractivity contribution in [1.82, 2.24) is 10.2 Å². The fourth-order valence-electron chi connectivity index (χ4n) is 3.00. The summed E-state index contributed by atoms with van der Waals surface area (Å²) in [5.74, 6) is 1.26. The van der Waals surface area contributed by atoms with Gasteiger partial charge in [-0.3, -0.25) is 9.59 Å². The minimum Gasteiger partial charge on any atom is -0.353 e. The number of piperidine rings is 1. The van der Waals surface area contributed by atoms with E-state index in [9.17, 15) is 9.59 Å². The fourth-order valence-corrected chi connectivity index (χ4v) is 3.65. The Hall–Kier alpha value is -1.49. The van der Waals surface area contributed by atoms with Crippen molar-refractivity contribution in [3.63, 3.8) is 0 Å². The molecule has 0 bridgehead atoms. The van der Waals surface area contributed by atoms with Gasteiger partial charge in [-0.25, -0.2) is 0 Å². The predicted molar refractivity (Wildman–Crippen MR) is 100 cm³/mol. The molecule has 1 aromatic rings. The second-order valence-electron chi connectivity index (χ2n) is 6.51. The number of thioether (sulfide) groups is 1. The molecule has 1 heterocycles. The number of carbonyl (C=O) groups is 2. The maximum Gasteiger partial charge on any atom is 0.223 e. The van der Waals surface area contributed by atoms with E-state index in [1.807, 2.05) is 36.3 Å². The number of aryl methyl sites for hydroxylation is 1. The molecule has 0 spiro atoms. The van der Waals surface area contributed by atoms with E-state index in [-0.39, 0.29) is 23.8 Å². The second-order valence-corrected chi connectivity index (χ2v) is 7.42. The van der Waals surface area contributed by atoms with Crippen LogP contribution in [0.3, 0.4) is 0 Å². The molecule has 1 aliphatic rings. The van der Waals surface area contributed by atoms with Crippen LogP contribution in [0, 0.1) is 5.92 Å². The Labute approximate surface area is 149 Å². The monoisotopic (exact) mass is 348 g/mol. The third kappa shape index (κ3) is 5.86. The van der Waals surface area contributed by atoms with Gasteiger partial charge in [-0.1, -0.05) is 37.3 Å². The summed E-state index contributed by atoms with van der Waals surface area (Å²) in [4.78, 5) is 26.3. The van der Waals surface area contributed by atoms with Crippen molar-refractivity contribution in [1.29, 1.82) is 0 Å². The van der Waals surface area contributed by atoms with E-state index in [2.05, 4.69) is 17.4 Å². The highest BCUT2D eigenvalue weighted by Gasteiger charge is 2.24. The molecule has 0 aromatic heterocycles. The Kier molecular flexibility index (Phi) is 7.63. The van der Waals surface area contributed by atoms with Crippen molar-refractivity contribution in [2.75, 3.05) is 25.1 Å². The van der Waals surface area contributed by atoms with Crippen LogP contribution in [0.4, 0.5) is 0 Å². The number of nitrogens with one attached hydrogen (secondary N) is 1. The SMILES string of the molecule is CSCC(C)C(=O)NC1CCN(C(=O)CCc2ccccc2)CC1. The number of rotatable bonds is 7. The lowest BCUT2D eigenvalue weighted by Gasteiger charge is -2.33. The molecule has 132 valence electrons. The molecule has 2 amide bonds. The Bertz CT molecular complexity index is 527. The molecule has 1 fully saturated rings. The van der Waals surface area contributed by atoms with E-state index in [0.717, 1.165) is 38.1 Å². The molecule has 1 atom stereocenters. The number of likely N-dealkylation sites (tertiary alicyclic amines) is 1. The zero-order valence-corrected chi connectivity index (χ0v) is 15.5. The number of hydrogen-bond donors (Lipinski definition) is 1. The van der Waals surface area contributed by atoms with Gasteiger partial charge in [0.25, 0.3) is 0 Å². The van der Waals surface area contributed by atoms with E-state index < -0.39 is 0 Å². The zero-order chi connectivity index (χ0) is 17.4. The molecule has 2 rings (SSSR count). The van der Waals surface area contributed by atoms with Crippen LogP contribution in [-0.4, -0.2) is 47.9 Å². The summed E-state index contributed by atoms with van der Waals surface area (Å²) in [6.07, 6.45) is 5.08. The first-order valence-electron chi connectivity index (χ1n) is 8.71. The summed E-state index contributed by atoms with van der Waals surface area (Å²) in [6.45, 7) is 3.46. The van der Waals surface area contributed by atoms with Gasteiger partial charge in [0.05, 0.1) is 0 Å². The van der Waals surface area contributed by atoms with Crippen molar-refractivity contribution in [3.8, 4) is 0 Å². The van der Waals surface area contributed by atoms with Crippen molar-refractivity contribution in [2.45, 2.75) is 38.6 Å². The highest BCUT2D eigenvalue weighted by Crippen LogP contribution is 2.14. The lowest BCUT2D eigenvalue weighted by atomic mass is 10.0. The average molecular weight is 349 g/mol. The van der Waals surface area contributed by atoms with Crippen LogP contribution in [0.2, 0.25) is 0 Å². The minimum atomic E-state index is 0.0468. The number of benzene rings is 1. The Morgan fingerprint density at radius 3 is 2.54 bits per heavy atom. The van der Waals surface area contributed by atoms with Gasteiger partial charge in [-0.05, 0) is 31.1 Å². The van der Waals surface area contributed by atoms with Crippen LogP contribution in [0.15, 0.2) is 30.3 Å². The molecular weight excluding hydrogens is 320 g/mol. The quantitative estimate of drug-likeness (QED) is 0.824. The van der Waals surface area contributed by atoms with Gasteiger partial charge in [0.1, 0.15) is 0 Å². The zero-order valence-electron chi connectivity index (χ0n) is 14.7. The topological polar surface area (TPSA) is 49.4 Å². The van der Waals surface area contributed by atoms with Crippen molar-refractivity contribution < 1.29 is 9.59 Å². The molecular formula is C19H28N2O2S. The van der Waals surface area contributed by atoms with Gasteiger partial charge >= 0.3 is 0 Å². The first kappa shape index (κ1) is 18.8. The Balaban J connectivity index is 1.70. The highest BCUT2D eigenvalue weighted by molar-refractivity contribution is 7.98. The molecule has 1 aliphatic heterocycles. The number of carbonyl (C=O) groups excluding carboxylic acids is 2. The lowest BCUT2D eigenvalue weighted by Crippen LogP contribution is -2.47. The van der Waals surface area contributed by atoms with Crippen LogP contribution in [0.25, 0.3) is 0 Å². The molecule has 0 saturated carbocycles. The largest absolute Gasteiger partial charge is 0.353 e. The number of hydrogen-bond acceptors (Lipinski definition) is 3.